The number of rotatable bonds is 8. The molecule has 2 atom stereocenters. The fourth-order valence-corrected chi connectivity index (χ4v) is 2.89. The molecule has 0 spiro atoms. The topological polar surface area (TPSA) is 120 Å². The third-order valence-corrected chi connectivity index (χ3v) is 4.54. The van der Waals surface area contributed by atoms with E-state index < -0.39 is 30.1 Å². The van der Waals surface area contributed by atoms with E-state index in [-0.39, 0.29) is 6.42 Å². The Morgan fingerprint density at radius 2 is 1.70 bits per heavy atom. The van der Waals surface area contributed by atoms with Crippen molar-refractivity contribution in [1.82, 2.24) is 5.32 Å². The number of amides is 3. The molecule has 0 radical (unpaired) electrons. The fourth-order valence-electron chi connectivity index (χ4n) is 2.60. The maximum absolute atomic E-state index is 12.4. The number of anilines is 1. The fraction of sp³-hybridized carbons (Fsp3) is 0.250. The molecular formula is C20H21Cl2N3O5. The molecule has 30 heavy (non-hydrogen) atoms. The standard InChI is InChI=1S/C20H21Cl2N3O5/c1-11(19(27)24-16-9-14(22)7-8-17(16)29-2)30-18(26)10-15(25-20(23)28)12-3-5-13(21)6-4-12/h3-9,11,15H,10H2,1-2H3,(H,24,27)(H3,23,25,28). The zero-order valence-electron chi connectivity index (χ0n) is 16.3. The molecule has 10 heteroatoms. The van der Waals surface area contributed by atoms with Crippen molar-refractivity contribution in [3.8, 4) is 5.75 Å². The van der Waals surface area contributed by atoms with Crippen LogP contribution in [0.5, 0.6) is 5.75 Å². The molecule has 2 unspecified atom stereocenters. The molecular weight excluding hydrogens is 433 g/mol. The lowest BCUT2D eigenvalue weighted by Gasteiger charge is -2.19. The monoisotopic (exact) mass is 453 g/mol. The molecule has 0 fully saturated rings. The van der Waals surface area contributed by atoms with Gasteiger partial charge in [0, 0.05) is 10.0 Å². The molecule has 2 aromatic rings. The van der Waals surface area contributed by atoms with Crippen LogP contribution in [-0.4, -0.2) is 31.1 Å². The first-order chi connectivity index (χ1) is 14.2. The van der Waals surface area contributed by atoms with Gasteiger partial charge < -0.3 is 25.8 Å². The highest BCUT2D eigenvalue weighted by Crippen LogP contribution is 2.28. The van der Waals surface area contributed by atoms with Gasteiger partial charge in [-0.3, -0.25) is 9.59 Å². The SMILES string of the molecule is COc1ccc(Cl)cc1NC(=O)C(C)OC(=O)CC(NC(N)=O)c1ccc(Cl)cc1. The number of hydrogen-bond acceptors (Lipinski definition) is 5. The van der Waals surface area contributed by atoms with Crippen LogP contribution < -0.4 is 21.1 Å². The maximum Gasteiger partial charge on any atom is 0.312 e. The van der Waals surface area contributed by atoms with Crippen molar-refractivity contribution in [3.63, 3.8) is 0 Å². The average Bonchev–Trinajstić information content (AvgIpc) is 2.67. The van der Waals surface area contributed by atoms with E-state index in [4.69, 9.17) is 38.4 Å². The number of hydrogen-bond donors (Lipinski definition) is 3. The number of ether oxygens (including phenoxy) is 2. The molecule has 4 N–H and O–H groups in total. The number of esters is 1. The second kappa shape index (κ2) is 10.7. The lowest BCUT2D eigenvalue weighted by Crippen LogP contribution is -2.36. The largest absolute Gasteiger partial charge is 0.495 e. The van der Waals surface area contributed by atoms with Gasteiger partial charge in [-0.2, -0.15) is 0 Å². The first-order valence-electron chi connectivity index (χ1n) is 8.85. The summed E-state index contributed by atoms with van der Waals surface area (Å²) in [4.78, 5) is 36.1. The van der Waals surface area contributed by atoms with Crippen molar-refractivity contribution in [2.75, 3.05) is 12.4 Å². The quantitative estimate of drug-likeness (QED) is 0.526. The molecule has 0 bridgehead atoms. The van der Waals surface area contributed by atoms with Crippen molar-refractivity contribution in [3.05, 3.63) is 58.1 Å². The van der Waals surface area contributed by atoms with Gasteiger partial charge in [-0.05, 0) is 42.8 Å². The van der Waals surface area contributed by atoms with Crippen LogP contribution in [0.2, 0.25) is 10.0 Å². The van der Waals surface area contributed by atoms with Gasteiger partial charge in [-0.25, -0.2) is 4.79 Å². The number of carbonyl (C=O) groups excluding carboxylic acids is 3. The third kappa shape index (κ3) is 6.82. The average molecular weight is 454 g/mol. The predicted molar refractivity (Wildman–Crippen MR) is 114 cm³/mol. The van der Waals surface area contributed by atoms with E-state index in [1.54, 1.807) is 36.4 Å². The van der Waals surface area contributed by atoms with Crippen LogP contribution in [0.3, 0.4) is 0 Å². The first-order valence-corrected chi connectivity index (χ1v) is 9.60. The number of carbonyl (C=O) groups is 3. The Bertz CT molecular complexity index is 921. The highest BCUT2D eigenvalue weighted by molar-refractivity contribution is 6.31. The van der Waals surface area contributed by atoms with Gasteiger partial charge in [0.05, 0.1) is 25.3 Å². The smallest absolute Gasteiger partial charge is 0.312 e. The van der Waals surface area contributed by atoms with Gasteiger partial charge in [0.1, 0.15) is 5.75 Å². The molecule has 160 valence electrons. The number of nitrogens with one attached hydrogen (secondary N) is 2. The maximum atomic E-state index is 12.4. The summed E-state index contributed by atoms with van der Waals surface area (Å²) < 4.78 is 10.4. The Morgan fingerprint density at radius 1 is 1.07 bits per heavy atom. The molecule has 0 aliphatic rings. The molecule has 0 aliphatic heterocycles. The van der Waals surface area contributed by atoms with Crippen molar-refractivity contribution in [1.29, 1.82) is 0 Å². The molecule has 0 saturated carbocycles. The van der Waals surface area contributed by atoms with Gasteiger partial charge in [-0.1, -0.05) is 35.3 Å². The van der Waals surface area contributed by atoms with Crippen molar-refractivity contribution in [2.24, 2.45) is 5.73 Å². The minimum Gasteiger partial charge on any atom is -0.495 e. The Hall–Kier alpha value is -2.97. The number of urea groups is 1. The van der Waals surface area contributed by atoms with Crippen LogP contribution >= 0.6 is 23.2 Å². The molecule has 0 aromatic heterocycles. The minimum atomic E-state index is -1.11. The summed E-state index contributed by atoms with van der Waals surface area (Å²) in [6.45, 7) is 1.42. The van der Waals surface area contributed by atoms with Crippen molar-refractivity contribution < 1.29 is 23.9 Å². The summed E-state index contributed by atoms with van der Waals surface area (Å²) in [6, 6.07) is 9.72. The zero-order valence-corrected chi connectivity index (χ0v) is 17.8. The first kappa shape index (κ1) is 23.3. The highest BCUT2D eigenvalue weighted by Gasteiger charge is 2.23. The van der Waals surface area contributed by atoms with Crippen LogP contribution in [-0.2, 0) is 14.3 Å². The Morgan fingerprint density at radius 3 is 2.30 bits per heavy atom. The second-order valence-electron chi connectivity index (χ2n) is 6.28. The Labute approximate surface area is 183 Å². The molecule has 8 nitrogen and oxygen atoms in total. The zero-order chi connectivity index (χ0) is 22.3. The lowest BCUT2D eigenvalue weighted by molar-refractivity contribution is -0.153. The van der Waals surface area contributed by atoms with Gasteiger partial charge in [0.25, 0.3) is 5.91 Å². The van der Waals surface area contributed by atoms with E-state index in [0.717, 1.165) is 0 Å². The number of methoxy groups -OCH3 is 1. The molecule has 0 saturated heterocycles. The van der Waals surface area contributed by atoms with Crippen molar-refractivity contribution >= 4 is 46.8 Å². The number of halogens is 2. The lowest BCUT2D eigenvalue weighted by atomic mass is 10.0. The molecule has 0 aliphatic carbocycles. The van der Waals surface area contributed by atoms with E-state index in [2.05, 4.69) is 10.6 Å². The number of primary amides is 1. The molecule has 3 amide bonds. The van der Waals surface area contributed by atoms with Crippen LogP contribution in [0.4, 0.5) is 10.5 Å². The third-order valence-electron chi connectivity index (χ3n) is 4.06. The summed E-state index contributed by atoms with van der Waals surface area (Å²) in [7, 11) is 1.45. The van der Waals surface area contributed by atoms with E-state index in [1.807, 2.05) is 0 Å². The summed E-state index contributed by atoms with van der Waals surface area (Å²) in [5, 5.41) is 5.98. The molecule has 2 aromatic carbocycles. The summed E-state index contributed by atoms with van der Waals surface area (Å²) in [6.07, 6.45) is -1.34. The van der Waals surface area contributed by atoms with E-state index in [1.165, 1.54) is 20.1 Å². The van der Waals surface area contributed by atoms with Crippen LogP contribution in [0, 0.1) is 0 Å². The summed E-state index contributed by atoms with van der Waals surface area (Å²) >= 11 is 11.8. The number of benzene rings is 2. The van der Waals surface area contributed by atoms with Gasteiger partial charge in [0.15, 0.2) is 6.10 Å². The van der Waals surface area contributed by atoms with Crippen LogP contribution in [0.1, 0.15) is 24.9 Å². The predicted octanol–water partition coefficient (Wildman–Crippen LogP) is 3.67. The Kier molecular flexibility index (Phi) is 8.32. The normalized spacial score (nSPS) is 12.4. The molecule has 2 rings (SSSR count). The van der Waals surface area contributed by atoms with E-state index in [9.17, 15) is 14.4 Å². The van der Waals surface area contributed by atoms with Crippen LogP contribution in [0.15, 0.2) is 42.5 Å². The van der Waals surface area contributed by atoms with Crippen LogP contribution in [0.25, 0.3) is 0 Å². The minimum absolute atomic E-state index is 0.233. The van der Waals surface area contributed by atoms with E-state index in [0.29, 0.717) is 27.0 Å². The van der Waals surface area contributed by atoms with E-state index >= 15 is 0 Å². The van der Waals surface area contributed by atoms with Gasteiger partial charge in [0.2, 0.25) is 0 Å². The summed E-state index contributed by atoms with van der Waals surface area (Å²) in [5.74, 6) is -0.876. The van der Waals surface area contributed by atoms with Gasteiger partial charge in [-0.15, -0.1) is 0 Å². The second-order valence-corrected chi connectivity index (χ2v) is 7.16. The molecule has 0 heterocycles. The number of nitrogens with two attached hydrogens (primary N) is 1. The van der Waals surface area contributed by atoms with Gasteiger partial charge >= 0.3 is 12.0 Å². The van der Waals surface area contributed by atoms with Crippen molar-refractivity contribution in [2.45, 2.75) is 25.5 Å². The Balaban J connectivity index is 2.02. The summed E-state index contributed by atoms with van der Waals surface area (Å²) in [5.41, 5.74) is 6.14. The highest BCUT2D eigenvalue weighted by atomic mass is 35.5.